The van der Waals surface area contributed by atoms with Gasteiger partial charge in [-0.15, -0.1) is 0 Å². The molecule has 24 heavy (non-hydrogen) atoms. The lowest BCUT2D eigenvalue weighted by Gasteiger charge is -2.04. The van der Waals surface area contributed by atoms with Crippen molar-refractivity contribution in [3.05, 3.63) is 58.2 Å². The number of aryl methyl sites for hydroxylation is 2. The van der Waals surface area contributed by atoms with Crippen molar-refractivity contribution in [2.45, 2.75) is 6.92 Å². The first-order valence-electron chi connectivity index (χ1n) is 7.46. The molecule has 120 valence electrons. The Morgan fingerprint density at radius 3 is 2.75 bits per heavy atom. The van der Waals surface area contributed by atoms with E-state index in [2.05, 4.69) is 26.2 Å². The number of anilines is 1. The van der Waals surface area contributed by atoms with E-state index >= 15 is 0 Å². The van der Waals surface area contributed by atoms with Gasteiger partial charge in [-0.1, -0.05) is 41.7 Å². The van der Waals surface area contributed by atoms with Crippen LogP contribution in [0.1, 0.15) is 16.1 Å². The third-order valence-corrected chi connectivity index (χ3v) is 5.84. The summed E-state index contributed by atoms with van der Waals surface area (Å²) in [7, 11) is 1.89. The summed E-state index contributed by atoms with van der Waals surface area (Å²) in [6.45, 7) is 2.02. The van der Waals surface area contributed by atoms with Crippen LogP contribution in [0.3, 0.4) is 0 Å². The maximum atomic E-state index is 12.8. The Labute approximate surface area is 151 Å². The summed E-state index contributed by atoms with van der Waals surface area (Å²) < 4.78 is 3.77. The minimum atomic E-state index is -0.169. The fourth-order valence-corrected chi connectivity index (χ4v) is 4.62. The molecule has 4 aromatic rings. The van der Waals surface area contributed by atoms with Gasteiger partial charge in [0.15, 0.2) is 5.13 Å². The first-order valence-corrected chi connectivity index (χ1v) is 9.07. The number of fused-ring (bicyclic) bond motifs is 2. The van der Waals surface area contributed by atoms with Crippen LogP contribution in [-0.2, 0) is 7.05 Å². The third-order valence-electron chi connectivity index (χ3n) is 4.10. The van der Waals surface area contributed by atoms with Crippen molar-refractivity contribution in [1.82, 2.24) is 9.55 Å². The van der Waals surface area contributed by atoms with Gasteiger partial charge in [0.05, 0.1) is 14.7 Å². The molecule has 0 aliphatic carbocycles. The molecule has 2 aromatic heterocycles. The van der Waals surface area contributed by atoms with Gasteiger partial charge in [-0.05, 0) is 40.5 Å². The second-order valence-electron chi connectivity index (χ2n) is 5.63. The third kappa shape index (κ3) is 2.34. The molecule has 4 nitrogen and oxygen atoms in total. The first-order chi connectivity index (χ1) is 11.6. The highest BCUT2D eigenvalue weighted by molar-refractivity contribution is 9.10. The number of amides is 1. The fraction of sp³-hybridized carbons (Fsp3) is 0.111. The normalized spacial score (nSPS) is 11.3. The van der Waals surface area contributed by atoms with Gasteiger partial charge < -0.3 is 4.57 Å². The predicted octanol–water partition coefficient (Wildman–Crippen LogP) is 5.11. The number of carbonyl (C=O) groups excluding carboxylic acids is 1. The molecule has 1 amide bonds. The van der Waals surface area contributed by atoms with Crippen molar-refractivity contribution in [3.8, 4) is 0 Å². The van der Waals surface area contributed by atoms with E-state index < -0.39 is 0 Å². The lowest BCUT2D eigenvalue weighted by atomic mass is 10.2. The zero-order valence-corrected chi connectivity index (χ0v) is 15.5. The topological polar surface area (TPSA) is 46.9 Å². The number of nitrogens with one attached hydrogen (secondary N) is 1. The van der Waals surface area contributed by atoms with E-state index in [9.17, 15) is 4.79 Å². The van der Waals surface area contributed by atoms with Crippen LogP contribution in [-0.4, -0.2) is 15.5 Å². The highest BCUT2D eigenvalue weighted by Gasteiger charge is 2.20. The number of thiazole rings is 1. The van der Waals surface area contributed by atoms with Gasteiger partial charge in [0.2, 0.25) is 0 Å². The molecule has 0 saturated heterocycles. The molecule has 2 aromatic carbocycles. The molecule has 0 atom stereocenters. The van der Waals surface area contributed by atoms with Crippen LogP contribution < -0.4 is 5.32 Å². The average molecular weight is 400 g/mol. The van der Waals surface area contributed by atoms with Crippen molar-refractivity contribution in [1.29, 1.82) is 0 Å². The van der Waals surface area contributed by atoms with Crippen molar-refractivity contribution >= 4 is 59.4 Å². The van der Waals surface area contributed by atoms with Gasteiger partial charge >= 0.3 is 0 Å². The monoisotopic (exact) mass is 399 g/mol. The number of nitrogens with zero attached hydrogens (tertiary/aromatic N) is 2. The number of carbonyl (C=O) groups is 1. The highest BCUT2D eigenvalue weighted by atomic mass is 79.9. The van der Waals surface area contributed by atoms with Gasteiger partial charge in [0, 0.05) is 18.0 Å². The molecule has 2 heterocycles. The summed E-state index contributed by atoms with van der Waals surface area (Å²) in [6, 6.07) is 14.0. The molecule has 0 aliphatic rings. The molecule has 0 unspecified atom stereocenters. The number of hydrogen-bond acceptors (Lipinski definition) is 3. The Hall–Kier alpha value is -2.18. The van der Waals surface area contributed by atoms with Crippen LogP contribution in [0.4, 0.5) is 5.13 Å². The number of para-hydroxylation sites is 2. The SMILES string of the molecule is Cc1cccc2sc(NC(=O)c3c(Br)c4ccccc4n3C)nc12. The predicted molar refractivity (Wildman–Crippen MR) is 103 cm³/mol. The lowest BCUT2D eigenvalue weighted by Crippen LogP contribution is -2.16. The van der Waals surface area contributed by atoms with Gasteiger partial charge in [0.1, 0.15) is 5.69 Å². The number of aromatic nitrogens is 2. The summed E-state index contributed by atoms with van der Waals surface area (Å²) in [6.07, 6.45) is 0. The minimum Gasteiger partial charge on any atom is -0.339 e. The van der Waals surface area contributed by atoms with Crippen molar-refractivity contribution in [2.75, 3.05) is 5.32 Å². The molecule has 0 bridgehead atoms. The van der Waals surface area contributed by atoms with E-state index in [0.29, 0.717) is 10.8 Å². The van der Waals surface area contributed by atoms with Gasteiger partial charge in [-0.25, -0.2) is 4.98 Å². The second kappa shape index (κ2) is 5.72. The van der Waals surface area contributed by atoms with Crippen molar-refractivity contribution in [3.63, 3.8) is 0 Å². The lowest BCUT2D eigenvalue weighted by molar-refractivity contribution is 0.101. The van der Waals surface area contributed by atoms with Gasteiger partial charge in [-0.3, -0.25) is 10.1 Å². The molecule has 0 fully saturated rings. The molecule has 6 heteroatoms. The summed E-state index contributed by atoms with van der Waals surface area (Å²) in [5.74, 6) is -0.169. The van der Waals surface area contributed by atoms with E-state index in [-0.39, 0.29) is 5.91 Å². The zero-order valence-electron chi connectivity index (χ0n) is 13.1. The van der Waals surface area contributed by atoms with E-state index in [1.54, 1.807) is 0 Å². The minimum absolute atomic E-state index is 0.169. The first kappa shape index (κ1) is 15.4. The summed E-state index contributed by atoms with van der Waals surface area (Å²) >= 11 is 5.05. The summed E-state index contributed by atoms with van der Waals surface area (Å²) in [4.78, 5) is 17.3. The molecule has 0 aliphatic heterocycles. The van der Waals surface area contributed by atoms with Crippen LogP contribution in [0, 0.1) is 6.92 Å². The van der Waals surface area contributed by atoms with E-state index in [1.807, 2.05) is 61.0 Å². The molecular weight excluding hydrogens is 386 g/mol. The Morgan fingerprint density at radius 2 is 2.00 bits per heavy atom. The van der Waals surface area contributed by atoms with Gasteiger partial charge in [0.25, 0.3) is 5.91 Å². The quantitative estimate of drug-likeness (QED) is 0.508. The molecule has 0 spiro atoms. The molecule has 0 saturated carbocycles. The van der Waals surface area contributed by atoms with Crippen molar-refractivity contribution in [2.24, 2.45) is 7.05 Å². The second-order valence-corrected chi connectivity index (χ2v) is 7.46. The van der Waals surface area contributed by atoms with Gasteiger partial charge in [-0.2, -0.15) is 0 Å². The maximum Gasteiger partial charge on any atom is 0.275 e. The highest BCUT2D eigenvalue weighted by Crippen LogP contribution is 2.32. The van der Waals surface area contributed by atoms with Crippen LogP contribution in [0.5, 0.6) is 0 Å². The Bertz CT molecular complexity index is 1060. The molecular formula is C18H14BrN3OS. The largest absolute Gasteiger partial charge is 0.339 e. The summed E-state index contributed by atoms with van der Waals surface area (Å²) in [5.41, 5.74) is 3.64. The Kier molecular flexibility index (Phi) is 3.66. The number of hydrogen-bond donors (Lipinski definition) is 1. The van der Waals surface area contributed by atoms with Crippen LogP contribution in [0.2, 0.25) is 0 Å². The number of halogens is 1. The van der Waals surface area contributed by atoms with Crippen LogP contribution in [0.25, 0.3) is 21.1 Å². The molecule has 0 radical (unpaired) electrons. The van der Waals surface area contributed by atoms with E-state index in [4.69, 9.17) is 0 Å². The van der Waals surface area contributed by atoms with E-state index in [0.717, 1.165) is 31.2 Å². The smallest absolute Gasteiger partial charge is 0.275 e. The van der Waals surface area contributed by atoms with Crippen LogP contribution in [0.15, 0.2) is 46.9 Å². The van der Waals surface area contributed by atoms with Crippen LogP contribution >= 0.6 is 27.3 Å². The van der Waals surface area contributed by atoms with E-state index in [1.165, 1.54) is 11.3 Å². The van der Waals surface area contributed by atoms with Crippen molar-refractivity contribution < 1.29 is 4.79 Å². The zero-order chi connectivity index (χ0) is 16.8. The number of rotatable bonds is 2. The standard InChI is InChI=1S/C18H14BrN3OS/c1-10-6-5-9-13-15(10)20-18(24-13)21-17(23)16-14(19)11-7-3-4-8-12(11)22(16)2/h3-9H,1-2H3,(H,20,21,23). The average Bonchev–Trinajstić information content (AvgIpc) is 3.08. The summed E-state index contributed by atoms with van der Waals surface area (Å²) in [5, 5.41) is 4.57. The number of benzene rings is 2. The Morgan fingerprint density at radius 1 is 1.21 bits per heavy atom. The fourth-order valence-electron chi connectivity index (χ4n) is 2.89. The Balaban J connectivity index is 1.75. The molecule has 4 rings (SSSR count). The molecule has 1 N–H and O–H groups in total. The maximum absolute atomic E-state index is 12.8.